The topological polar surface area (TPSA) is 44.1 Å². The third-order valence-electron chi connectivity index (χ3n) is 2.67. The van der Waals surface area contributed by atoms with Crippen LogP contribution in [0.15, 0.2) is 18.5 Å². The highest BCUT2D eigenvalue weighted by atomic mass is 35.5. The molecular formula is C13H15ClN2O2. The molecule has 0 aliphatic heterocycles. The molecule has 0 unspecified atom stereocenters. The molecule has 0 atom stereocenters. The van der Waals surface area contributed by atoms with Crippen molar-refractivity contribution in [2.24, 2.45) is 0 Å². The first-order valence-electron chi connectivity index (χ1n) is 5.98. The second kappa shape index (κ2) is 5.40. The zero-order chi connectivity index (χ0) is 13.1. The molecule has 18 heavy (non-hydrogen) atoms. The van der Waals surface area contributed by atoms with Crippen LogP contribution >= 0.6 is 11.6 Å². The highest BCUT2D eigenvalue weighted by Gasteiger charge is 2.14. The van der Waals surface area contributed by atoms with E-state index in [1.807, 2.05) is 4.57 Å². The lowest BCUT2D eigenvalue weighted by Gasteiger charge is -2.06. The largest absolute Gasteiger partial charge is 0.462 e. The Morgan fingerprint density at radius 2 is 2.22 bits per heavy atom. The maximum absolute atomic E-state index is 11.7. The third kappa shape index (κ3) is 2.34. The van der Waals surface area contributed by atoms with Gasteiger partial charge in [-0.1, -0.05) is 18.5 Å². The van der Waals surface area contributed by atoms with Gasteiger partial charge in [0.05, 0.1) is 34.6 Å². The lowest BCUT2D eigenvalue weighted by atomic mass is 10.2. The van der Waals surface area contributed by atoms with Gasteiger partial charge in [-0.25, -0.2) is 9.78 Å². The van der Waals surface area contributed by atoms with E-state index < -0.39 is 5.97 Å². The van der Waals surface area contributed by atoms with Gasteiger partial charge in [0.15, 0.2) is 0 Å². The second-order valence-corrected chi connectivity index (χ2v) is 4.39. The van der Waals surface area contributed by atoms with Crippen LogP contribution < -0.4 is 0 Å². The maximum atomic E-state index is 11.7. The third-order valence-corrected chi connectivity index (χ3v) is 2.98. The van der Waals surface area contributed by atoms with Crippen molar-refractivity contribution in [1.82, 2.24) is 9.55 Å². The second-order valence-electron chi connectivity index (χ2n) is 3.98. The molecule has 0 N–H and O–H groups in total. The number of hydrogen-bond donors (Lipinski definition) is 0. The summed E-state index contributed by atoms with van der Waals surface area (Å²) in [7, 11) is 0. The Bertz CT molecular complexity index is 578. The van der Waals surface area contributed by atoms with Gasteiger partial charge < -0.3 is 9.30 Å². The zero-order valence-corrected chi connectivity index (χ0v) is 11.2. The monoisotopic (exact) mass is 266 g/mol. The van der Waals surface area contributed by atoms with E-state index in [2.05, 4.69) is 11.9 Å². The summed E-state index contributed by atoms with van der Waals surface area (Å²) >= 11 is 6.12. The van der Waals surface area contributed by atoms with E-state index in [0.29, 0.717) is 17.2 Å². The number of aryl methyl sites for hydroxylation is 1. The molecular weight excluding hydrogens is 252 g/mol. The standard InChI is InChI=1S/C13H15ClN2O2/c1-3-5-16-8-15-11-6-9(13(17)18-4-2)10(14)7-12(11)16/h6-8H,3-5H2,1-2H3. The molecule has 2 aromatic rings. The van der Waals surface area contributed by atoms with E-state index >= 15 is 0 Å². The molecule has 1 heterocycles. The quantitative estimate of drug-likeness (QED) is 0.798. The van der Waals surface area contributed by atoms with Crippen molar-refractivity contribution in [2.45, 2.75) is 26.8 Å². The van der Waals surface area contributed by atoms with Crippen molar-refractivity contribution in [3.05, 3.63) is 29.0 Å². The van der Waals surface area contributed by atoms with Gasteiger partial charge in [-0.15, -0.1) is 0 Å². The number of ether oxygens (including phenoxy) is 1. The molecule has 0 aliphatic carbocycles. The first-order valence-corrected chi connectivity index (χ1v) is 6.36. The highest BCUT2D eigenvalue weighted by molar-refractivity contribution is 6.34. The normalized spacial score (nSPS) is 10.8. The van der Waals surface area contributed by atoms with Crippen molar-refractivity contribution in [1.29, 1.82) is 0 Å². The molecule has 96 valence electrons. The van der Waals surface area contributed by atoms with Gasteiger partial charge in [0.2, 0.25) is 0 Å². The summed E-state index contributed by atoms with van der Waals surface area (Å²) in [5.41, 5.74) is 2.07. The molecule has 0 bridgehead atoms. The fourth-order valence-electron chi connectivity index (χ4n) is 1.86. The van der Waals surface area contributed by atoms with Gasteiger partial charge in [0.25, 0.3) is 0 Å². The van der Waals surface area contributed by atoms with Crippen LogP contribution in [-0.4, -0.2) is 22.1 Å². The molecule has 0 saturated carbocycles. The minimum Gasteiger partial charge on any atom is -0.462 e. The molecule has 0 aliphatic rings. The van der Waals surface area contributed by atoms with Crippen molar-refractivity contribution in [3.63, 3.8) is 0 Å². The van der Waals surface area contributed by atoms with Crippen LogP contribution in [0.1, 0.15) is 30.6 Å². The predicted molar refractivity (Wildman–Crippen MR) is 71.0 cm³/mol. The number of halogens is 1. The van der Waals surface area contributed by atoms with E-state index in [-0.39, 0.29) is 0 Å². The van der Waals surface area contributed by atoms with Crippen molar-refractivity contribution in [2.75, 3.05) is 6.61 Å². The van der Waals surface area contributed by atoms with Gasteiger partial charge in [0.1, 0.15) is 0 Å². The average molecular weight is 267 g/mol. The maximum Gasteiger partial charge on any atom is 0.339 e. The Hall–Kier alpha value is -1.55. The molecule has 0 saturated heterocycles. The summed E-state index contributed by atoms with van der Waals surface area (Å²) in [4.78, 5) is 16.0. The van der Waals surface area contributed by atoms with Gasteiger partial charge in [0, 0.05) is 6.54 Å². The number of esters is 1. The van der Waals surface area contributed by atoms with E-state index in [1.54, 1.807) is 25.4 Å². The van der Waals surface area contributed by atoms with E-state index in [4.69, 9.17) is 16.3 Å². The molecule has 0 spiro atoms. The summed E-state index contributed by atoms with van der Waals surface area (Å²) in [5.74, 6) is -0.408. The number of imidazole rings is 1. The summed E-state index contributed by atoms with van der Waals surface area (Å²) in [5, 5.41) is 0.402. The lowest BCUT2D eigenvalue weighted by molar-refractivity contribution is 0.0526. The Balaban J connectivity index is 2.47. The smallest absolute Gasteiger partial charge is 0.339 e. The fraction of sp³-hybridized carbons (Fsp3) is 0.385. The molecule has 4 nitrogen and oxygen atoms in total. The Morgan fingerprint density at radius 3 is 2.89 bits per heavy atom. The van der Waals surface area contributed by atoms with E-state index in [9.17, 15) is 4.79 Å². The van der Waals surface area contributed by atoms with Gasteiger partial charge in [-0.3, -0.25) is 0 Å². The number of aromatic nitrogens is 2. The van der Waals surface area contributed by atoms with Crippen LogP contribution in [0.5, 0.6) is 0 Å². The summed E-state index contributed by atoms with van der Waals surface area (Å²) in [6.07, 6.45) is 2.78. The van der Waals surface area contributed by atoms with Gasteiger partial charge in [-0.2, -0.15) is 0 Å². The average Bonchev–Trinajstić information content (AvgIpc) is 2.72. The molecule has 1 aromatic heterocycles. The minimum atomic E-state index is -0.408. The number of fused-ring (bicyclic) bond motifs is 1. The van der Waals surface area contributed by atoms with Crippen LogP contribution in [0.4, 0.5) is 0 Å². The molecule has 1 aromatic carbocycles. The zero-order valence-electron chi connectivity index (χ0n) is 10.4. The fourth-order valence-corrected chi connectivity index (χ4v) is 2.10. The van der Waals surface area contributed by atoms with Crippen molar-refractivity contribution in [3.8, 4) is 0 Å². The van der Waals surface area contributed by atoms with E-state index in [0.717, 1.165) is 24.0 Å². The Kier molecular flexibility index (Phi) is 3.87. The van der Waals surface area contributed by atoms with Gasteiger partial charge in [-0.05, 0) is 25.5 Å². The number of carbonyl (C=O) groups excluding carboxylic acids is 1. The molecule has 0 fully saturated rings. The first-order chi connectivity index (χ1) is 8.67. The molecule has 2 rings (SSSR count). The first kappa shape index (κ1) is 12.9. The van der Waals surface area contributed by atoms with Crippen LogP contribution in [-0.2, 0) is 11.3 Å². The predicted octanol–water partition coefficient (Wildman–Crippen LogP) is 3.28. The van der Waals surface area contributed by atoms with Crippen LogP contribution in [0.2, 0.25) is 5.02 Å². The summed E-state index contributed by atoms with van der Waals surface area (Å²) in [6, 6.07) is 3.45. The number of carbonyl (C=O) groups is 1. The SMILES string of the molecule is CCCn1cnc2cc(C(=O)OCC)c(Cl)cc21. The number of rotatable bonds is 4. The Labute approximate surface area is 111 Å². The molecule has 0 amide bonds. The number of hydrogen-bond acceptors (Lipinski definition) is 3. The van der Waals surface area contributed by atoms with Crippen LogP contribution in [0.3, 0.4) is 0 Å². The van der Waals surface area contributed by atoms with Crippen molar-refractivity contribution >= 4 is 28.6 Å². The van der Waals surface area contributed by atoms with Crippen molar-refractivity contribution < 1.29 is 9.53 Å². The highest BCUT2D eigenvalue weighted by Crippen LogP contribution is 2.24. The number of nitrogens with zero attached hydrogens (tertiary/aromatic N) is 2. The van der Waals surface area contributed by atoms with Crippen LogP contribution in [0.25, 0.3) is 11.0 Å². The molecule has 0 radical (unpaired) electrons. The van der Waals surface area contributed by atoms with Crippen LogP contribution in [0, 0.1) is 0 Å². The molecule has 5 heteroatoms. The summed E-state index contributed by atoms with van der Waals surface area (Å²) < 4.78 is 6.98. The minimum absolute atomic E-state index is 0.331. The summed E-state index contributed by atoms with van der Waals surface area (Å²) in [6.45, 7) is 5.07. The lowest BCUT2D eigenvalue weighted by Crippen LogP contribution is -2.05. The van der Waals surface area contributed by atoms with Gasteiger partial charge >= 0.3 is 5.97 Å². The number of benzene rings is 1. The van der Waals surface area contributed by atoms with E-state index in [1.165, 1.54) is 0 Å². The Morgan fingerprint density at radius 1 is 1.44 bits per heavy atom.